The van der Waals surface area contributed by atoms with Crippen molar-refractivity contribution in [3.8, 4) is 0 Å². The number of nitro groups is 2. The summed E-state index contributed by atoms with van der Waals surface area (Å²) in [5.74, 6) is -0.178. The third-order valence-electron chi connectivity index (χ3n) is 1.98. The molecular weight excluding hydrogens is 312 g/mol. The van der Waals surface area contributed by atoms with Gasteiger partial charge in [-0.1, -0.05) is 18.2 Å². The van der Waals surface area contributed by atoms with E-state index in [0.29, 0.717) is 0 Å². The summed E-state index contributed by atoms with van der Waals surface area (Å²) in [6.45, 7) is 0. The van der Waals surface area contributed by atoms with Gasteiger partial charge < -0.3 is 0 Å². The van der Waals surface area contributed by atoms with Crippen LogP contribution in [0.3, 0.4) is 0 Å². The predicted molar refractivity (Wildman–Crippen MR) is 73.7 cm³/mol. The van der Waals surface area contributed by atoms with Crippen molar-refractivity contribution in [3.05, 3.63) is 80.6 Å². The standard InChI is InChI=1S/C6H5F.C6H4N2O4.3FH/c7-6-4-2-1-3-5-6;9-7(10)5-2-1-3-6(4-5)8(11)12;;;/h1-5H;1-4H;3*1H. The first-order valence-electron chi connectivity index (χ1n) is 5.10. The second kappa shape index (κ2) is 11.8. The smallest absolute Gasteiger partial charge is 0.269 e. The Bertz CT molecular complexity index is 555. The number of non-ortho nitro benzene ring substituents is 2. The van der Waals surface area contributed by atoms with E-state index < -0.39 is 9.85 Å². The fraction of sp³-hybridized carbons (Fsp3) is 0. The lowest BCUT2D eigenvalue weighted by molar-refractivity contribution is -0.394. The SMILES string of the molecule is F.F.F.Fc1ccccc1.O=[N+]([O-])c1cccc([N+](=O)[O-])c1. The molecule has 0 saturated carbocycles. The Kier molecular flexibility index (Phi) is 12.8. The lowest BCUT2D eigenvalue weighted by atomic mass is 10.3. The maximum atomic E-state index is 11.9. The van der Waals surface area contributed by atoms with E-state index in [0.717, 1.165) is 6.07 Å². The molecule has 0 aliphatic heterocycles. The molecule has 22 heavy (non-hydrogen) atoms. The second-order valence-corrected chi connectivity index (χ2v) is 3.33. The maximum absolute atomic E-state index is 11.9. The summed E-state index contributed by atoms with van der Waals surface area (Å²) in [4.78, 5) is 19.0. The van der Waals surface area contributed by atoms with Gasteiger partial charge in [0.2, 0.25) is 0 Å². The summed E-state index contributed by atoms with van der Waals surface area (Å²) in [7, 11) is 0. The van der Waals surface area contributed by atoms with Gasteiger partial charge in [0.15, 0.2) is 0 Å². The van der Waals surface area contributed by atoms with Crippen LogP contribution < -0.4 is 0 Å². The molecule has 0 saturated heterocycles. The molecule has 0 fully saturated rings. The average Bonchev–Trinajstić information content (AvgIpc) is 2.40. The van der Waals surface area contributed by atoms with E-state index in [9.17, 15) is 24.6 Å². The van der Waals surface area contributed by atoms with Crippen molar-refractivity contribution in [2.24, 2.45) is 0 Å². The Morgan fingerprint density at radius 2 is 1.14 bits per heavy atom. The minimum atomic E-state index is -0.674. The monoisotopic (exact) mass is 324 g/mol. The number of halogens is 4. The Morgan fingerprint density at radius 1 is 0.727 bits per heavy atom. The van der Waals surface area contributed by atoms with Gasteiger partial charge in [-0.05, 0) is 18.2 Å². The quantitative estimate of drug-likeness (QED) is 0.478. The predicted octanol–water partition coefficient (Wildman–Crippen LogP) is 3.79. The van der Waals surface area contributed by atoms with Gasteiger partial charge in [0.1, 0.15) is 5.82 Å². The van der Waals surface area contributed by atoms with Gasteiger partial charge in [0.25, 0.3) is 11.4 Å². The first-order valence-corrected chi connectivity index (χ1v) is 5.10. The molecule has 0 aromatic heterocycles. The van der Waals surface area contributed by atoms with Crippen molar-refractivity contribution in [3.63, 3.8) is 0 Å². The molecule has 0 N–H and O–H groups in total. The van der Waals surface area contributed by atoms with Gasteiger partial charge in [0.05, 0.1) is 15.9 Å². The van der Waals surface area contributed by atoms with Crippen LogP contribution in [0.1, 0.15) is 0 Å². The number of nitrogens with zero attached hydrogens (tertiary/aromatic N) is 2. The van der Waals surface area contributed by atoms with Crippen molar-refractivity contribution >= 4 is 11.4 Å². The molecular formula is C12H12F4N2O4. The van der Waals surface area contributed by atoms with E-state index >= 15 is 0 Å². The number of nitro benzene ring substituents is 2. The van der Waals surface area contributed by atoms with Crippen LogP contribution in [0.25, 0.3) is 0 Å². The van der Waals surface area contributed by atoms with Gasteiger partial charge in [-0.3, -0.25) is 34.3 Å². The molecule has 0 unspecified atom stereocenters. The van der Waals surface area contributed by atoms with Gasteiger partial charge in [-0.25, -0.2) is 4.39 Å². The van der Waals surface area contributed by atoms with Crippen LogP contribution in [0.2, 0.25) is 0 Å². The summed E-state index contributed by atoms with van der Waals surface area (Å²) in [5, 5.41) is 20.3. The van der Waals surface area contributed by atoms with E-state index in [1.165, 1.54) is 30.3 Å². The molecule has 0 heterocycles. The van der Waals surface area contributed by atoms with Crippen LogP contribution in [-0.2, 0) is 0 Å². The number of hydrogen-bond acceptors (Lipinski definition) is 4. The van der Waals surface area contributed by atoms with Gasteiger partial charge in [-0.2, -0.15) is 0 Å². The van der Waals surface area contributed by atoms with Crippen LogP contribution >= 0.6 is 0 Å². The fourth-order valence-corrected chi connectivity index (χ4v) is 1.13. The molecule has 2 aromatic rings. The summed E-state index contributed by atoms with van der Waals surface area (Å²) in [6.07, 6.45) is 0. The summed E-state index contributed by atoms with van der Waals surface area (Å²) in [6, 6.07) is 12.5. The largest absolute Gasteiger partial charge is 0.276 e. The highest BCUT2D eigenvalue weighted by Crippen LogP contribution is 2.18. The third kappa shape index (κ3) is 8.19. The lowest BCUT2D eigenvalue weighted by Crippen LogP contribution is -1.91. The van der Waals surface area contributed by atoms with E-state index in [1.54, 1.807) is 18.2 Å². The summed E-state index contributed by atoms with van der Waals surface area (Å²) >= 11 is 0. The maximum Gasteiger partial charge on any atom is 0.276 e. The molecule has 0 spiro atoms. The average molecular weight is 324 g/mol. The van der Waals surface area contributed by atoms with Crippen molar-refractivity contribution in [2.75, 3.05) is 0 Å². The fourth-order valence-electron chi connectivity index (χ4n) is 1.13. The lowest BCUT2D eigenvalue weighted by Gasteiger charge is -1.90. The van der Waals surface area contributed by atoms with Crippen LogP contribution in [0, 0.1) is 26.0 Å². The zero-order valence-electron chi connectivity index (χ0n) is 10.8. The van der Waals surface area contributed by atoms with Crippen LogP contribution in [0.15, 0.2) is 54.6 Å². The van der Waals surface area contributed by atoms with E-state index in [1.807, 2.05) is 0 Å². The molecule has 0 amide bonds. The van der Waals surface area contributed by atoms with Crippen molar-refractivity contribution in [1.29, 1.82) is 0 Å². The zero-order valence-corrected chi connectivity index (χ0v) is 10.8. The number of hydrogen-bond donors (Lipinski definition) is 0. The molecule has 0 radical (unpaired) electrons. The van der Waals surface area contributed by atoms with Crippen LogP contribution in [0.5, 0.6) is 0 Å². The first-order chi connectivity index (χ1) is 9.00. The van der Waals surface area contributed by atoms with E-state index in [-0.39, 0.29) is 31.3 Å². The highest BCUT2D eigenvalue weighted by molar-refractivity contribution is 5.42. The van der Waals surface area contributed by atoms with Crippen LogP contribution in [0.4, 0.5) is 29.9 Å². The minimum Gasteiger partial charge on any atom is -0.269 e. The summed E-state index contributed by atoms with van der Waals surface area (Å²) < 4.78 is 11.9. The zero-order chi connectivity index (χ0) is 14.3. The van der Waals surface area contributed by atoms with Gasteiger partial charge >= 0.3 is 0 Å². The highest BCUT2D eigenvalue weighted by Gasteiger charge is 2.11. The summed E-state index contributed by atoms with van der Waals surface area (Å²) in [5.41, 5.74) is -0.548. The molecule has 10 heteroatoms. The van der Waals surface area contributed by atoms with Gasteiger partial charge in [0, 0.05) is 12.1 Å². The molecule has 0 aliphatic carbocycles. The van der Waals surface area contributed by atoms with Crippen molar-refractivity contribution in [1.82, 2.24) is 0 Å². The Hall–Kier alpha value is -3.04. The third-order valence-corrected chi connectivity index (χ3v) is 1.98. The second-order valence-electron chi connectivity index (χ2n) is 3.33. The molecule has 122 valence electrons. The highest BCUT2D eigenvalue weighted by atomic mass is 19.1. The molecule has 6 nitrogen and oxygen atoms in total. The van der Waals surface area contributed by atoms with Crippen LogP contribution in [-0.4, -0.2) is 9.85 Å². The number of rotatable bonds is 2. The van der Waals surface area contributed by atoms with Crippen molar-refractivity contribution in [2.45, 2.75) is 0 Å². The Balaban J connectivity index is -0.000000317. The van der Waals surface area contributed by atoms with E-state index in [4.69, 9.17) is 0 Å². The molecule has 0 atom stereocenters. The Morgan fingerprint density at radius 3 is 1.41 bits per heavy atom. The normalized spacial score (nSPS) is 7.86. The first kappa shape index (κ1) is 24.0. The molecule has 2 rings (SSSR count). The minimum absolute atomic E-state index is 0. The Labute approximate surface area is 121 Å². The topological polar surface area (TPSA) is 86.3 Å². The molecule has 0 aliphatic rings. The van der Waals surface area contributed by atoms with E-state index in [2.05, 4.69) is 0 Å². The van der Waals surface area contributed by atoms with Gasteiger partial charge in [-0.15, -0.1) is 0 Å². The number of benzene rings is 2. The molecule has 0 bridgehead atoms. The van der Waals surface area contributed by atoms with Crippen molar-refractivity contribution < 1.29 is 28.4 Å². The molecule has 2 aromatic carbocycles.